The Morgan fingerprint density at radius 1 is 1.07 bits per heavy atom. The number of aromatic nitrogens is 2. The molecule has 0 aliphatic rings. The van der Waals surface area contributed by atoms with Gasteiger partial charge in [-0.05, 0) is 47.9 Å². The number of carbonyl (C=O) groups excluding carboxylic acids is 1. The van der Waals surface area contributed by atoms with E-state index in [1.165, 1.54) is 12.1 Å². The number of nitro benzene ring substituents is 1. The van der Waals surface area contributed by atoms with Gasteiger partial charge in [-0.2, -0.15) is 0 Å². The highest BCUT2D eigenvalue weighted by atomic mass is 16.6. The molecule has 0 aliphatic carbocycles. The maximum atomic E-state index is 12.4. The fraction of sp³-hybridized carbons (Fsp3) is 0.0952. The highest BCUT2D eigenvalue weighted by Gasteiger charge is 2.16. The standard InChI is InChI=1S/C21H16N4O5/c26-20(13-24-18-6-5-17(25(28)29)12-19(18)30-21(24)27)23-16-3-1-14(2-4-16)11-15-7-9-22-10-8-15/h1-10,12H,11,13H2,(H,23,26). The summed E-state index contributed by atoms with van der Waals surface area (Å²) in [6, 6.07) is 15.1. The minimum Gasteiger partial charge on any atom is -0.407 e. The van der Waals surface area contributed by atoms with E-state index in [0.29, 0.717) is 11.2 Å². The number of fused-ring (bicyclic) bond motifs is 1. The lowest BCUT2D eigenvalue weighted by Crippen LogP contribution is -2.24. The van der Waals surface area contributed by atoms with Crippen molar-refractivity contribution in [3.05, 3.63) is 98.8 Å². The van der Waals surface area contributed by atoms with E-state index in [2.05, 4.69) is 10.3 Å². The van der Waals surface area contributed by atoms with Gasteiger partial charge in [0.05, 0.1) is 16.5 Å². The Kier molecular flexibility index (Phi) is 5.08. The molecule has 2 aromatic heterocycles. The van der Waals surface area contributed by atoms with Crippen molar-refractivity contribution in [1.29, 1.82) is 0 Å². The van der Waals surface area contributed by atoms with E-state index in [9.17, 15) is 19.7 Å². The Morgan fingerprint density at radius 2 is 1.77 bits per heavy atom. The van der Waals surface area contributed by atoms with E-state index in [0.717, 1.165) is 28.2 Å². The fourth-order valence-corrected chi connectivity index (χ4v) is 3.10. The Hall–Kier alpha value is -4.27. The Labute approximate surface area is 169 Å². The number of pyridine rings is 1. The number of nitrogens with zero attached hydrogens (tertiary/aromatic N) is 3. The zero-order valence-corrected chi connectivity index (χ0v) is 15.6. The largest absolute Gasteiger partial charge is 0.420 e. The number of amides is 1. The smallest absolute Gasteiger partial charge is 0.407 e. The van der Waals surface area contributed by atoms with Crippen LogP contribution in [0.25, 0.3) is 11.1 Å². The molecule has 9 nitrogen and oxygen atoms in total. The van der Waals surface area contributed by atoms with Crippen LogP contribution in [-0.4, -0.2) is 20.4 Å². The first-order chi connectivity index (χ1) is 14.5. The molecule has 1 N–H and O–H groups in total. The van der Waals surface area contributed by atoms with Crippen LogP contribution in [-0.2, 0) is 17.8 Å². The second kappa shape index (κ2) is 8.00. The minimum atomic E-state index is -0.756. The lowest BCUT2D eigenvalue weighted by molar-refractivity contribution is -0.384. The van der Waals surface area contributed by atoms with Crippen molar-refractivity contribution in [3.63, 3.8) is 0 Å². The van der Waals surface area contributed by atoms with Gasteiger partial charge in [0.15, 0.2) is 5.58 Å². The molecule has 4 aromatic rings. The van der Waals surface area contributed by atoms with Crippen LogP contribution in [0.4, 0.5) is 11.4 Å². The van der Waals surface area contributed by atoms with Crippen molar-refractivity contribution in [2.24, 2.45) is 0 Å². The molecule has 0 radical (unpaired) electrons. The number of benzene rings is 2. The summed E-state index contributed by atoms with van der Waals surface area (Å²) in [7, 11) is 0. The third kappa shape index (κ3) is 4.09. The summed E-state index contributed by atoms with van der Waals surface area (Å²) in [5, 5.41) is 13.6. The second-order valence-electron chi connectivity index (χ2n) is 6.64. The second-order valence-corrected chi connectivity index (χ2v) is 6.64. The van der Waals surface area contributed by atoms with E-state index >= 15 is 0 Å². The Balaban J connectivity index is 1.45. The van der Waals surface area contributed by atoms with Crippen molar-refractivity contribution >= 4 is 28.4 Å². The fourth-order valence-electron chi connectivity index (χ4n) is 3.10. The number of hydrogen-bond donors (Lipinski definition) is 1. The molecule has 0 saturated heterocycles. The lowest BCUT2D eigenvalue weighted by Gasteiger charge is -2.07. The van der Waals surface area contributed by atoms with Crippen LogP contribution in [0.15, 0.2) is 76.2 Å². The summed E-state index contributed by atoms with van der Waals surface area (Å²) < 4.78 is 6.16. The number of hydrogen-bond acceptors (Lipinski definition) is 6. The van der Waals surface area contributed by atoms with Crippen molar-refractivity contribution < 1.29 is 14.1 Å². The Bertz CT molecular complexity index is 1280. The molecule has 9 heteroatoms. The summed E-state index contributed by atoms with van der Waals surface area (Å²) in [6.45, 7) is -0.275. The van der Waals surface area contributed by atoms with E-state index in [4.69, 9.17) is 4.42 Å². The number of nitrogens with one attached hydrogen (secondary N) is 1. The van der Waals surface area contributed by atoms with Crippen LogP contribution in [0.3, 0.4) is 0 Å². The number of anilines is 1. The van der Waals surface area contributed by atoms with Crippen LogP contribution in [0.2, 0.25) is 0 Å². The predicted molar refractivity (Wildman–Crippen MR) is 109 cm³/mol. The van der Waals surface area contributed by atoms with E-state index < -0.39 is 16.6 Å². The number of non-ortho nitro benzene ring substituents is 1. The SMILES string of the molecule is O=C(Cn1c(=O)oc2cc([N+](=O)[O-])ccc21)Nc1ccc(Cc2ccncc2)cc1. The monoisotopic (exact) mass is 404 g/mol. The predicted octanol–water partition coefficient (Wildman–Crippen LogP) is 3.13. The van der Waals surface area contributed by atoms with Gasteiger partial charge < -0.3 is 9.73 Å². The van der Waals surface area contributed by atoms with Crippen molar-refractivity contribution in [1.82, 2.24) is 9.55 Å². The van der Waals surface area contributed by atoms with Crippen LogP contribution < -0.4 is 11.1 Å². The number of carbonyl (C=O) groups is 1. The molecule has 0 bridgehead atoms. The molecule has 0 spiro atoms. The van der Waals surface area contributed by atoms with E-state index in [-0.39, 0.29) is 17.8 Å². The summed E-state index contributed by atoms with van der Waals surface area (Å²) >= 11 is 0. The summed E-state index contributed by atoms with van der Waals surface area (Å²) in [6.07, 6.45) is 4.23. The number of rotatable bonds is 6. The van der Waals surface area contributed by atoms with Crippen molar-refractivity contribution in [3.8, 4) is 0 Å². The topological polar surface area (TPSA) is 120 Å². The average Bonchev–Trinajstić information content (AvgIpc) is 3.04. The molecule has 0 fully saturated rings. The number of nitro groups is 1. The molecule has 2 aromatic carbocycles. The van der Waals surface area contributed by atoms with Gasteiger partial charge in [-0.25, -0.2) is 4.79 Å². The van der Waals surface area contributed by atoms with Gasteiger partial charge in [-0.3, -0.25) is 24.5 Å². The highest BCUT2D eigenvalue weighted by Crippen LogP contribution is 2.20. The van der Waals surface area contributed by atoms with Gasteiger partial charge in [0.2, 0.25) is 5.91 Å². The molecular weight excluding hydrogens is 388 g/mol. The van der Waals surface area contributed by atoms with E-state index in [1.54, 1.807) is 24.5 Å². The maximum absolute atomic E-state index is 12.4. The lowest BCUT2D eigenvalue weighted by atomic mass is 10.1. The van der Waals surface area contributed by atoms with Crippen molar-refractivity contribution in [2.75, 3.05) is 5.32 Å². The first kappa shape index (κ1) is 19.1. The molecule has 4 rings (SSSR count). The molecule has 0 aliphatic heterocycles. The van der Waals surface area contributed by atoms with Crippen LogP contribution in [0.1, 0.15) is 11.1 Å². The summed E-state index contributed by atoms with van der Waals surface area (Å²) in [5.41, 5.74) is 2.98. The molecule has 0 saturated carbocycles. The Morgan fingerprint density at radius 3 is 2.47 bits per heavy atom. The zero-order valence-electron chi connectivity index (χ0n) is 15.6. The summed E-state index contributed by atoms with van der Waals surface area (Å²) in [5.74, 6) is -1.17. The maximum Gasteiger partial charge on any atom is 0.420 e. The van der Waals surface area contributed by atoms with Gasteiger partial charge in [-0.1, -0.05) is 12.1 Å². The highest BCUT2D eigenvalue weighted by molar-refractivity contribution is 5.91. The van der Waals surface area contributed by atoms with Crippen molar-refractivity contribution in [2.45, 2.75) is 13.0 Å². The first-order valence-corrected chi connectivity index (χ1v) is 9.05. The van der Waals surface area contributed by atoms with Crippen LogP contribution in [0.5, 0.6) is 0 Å². The van der Waals surface area contributed by atoms with Gasteiger partial charge in [0, 0.05) is 24.1 Å². The zero-order chi connectivity index (χ0) is 21.1. The van der Waals surface area contributed by atoms with Gasteiger partial charge in [0.25, 0.3) is 5.69 Å². The summed E-state index contributed by atoms with van der Waals surface area (Å²) in [4.78, 5) is 38.7. The molecule has 150 valence electrons. The van der Waals surface area contributed by atoms with E-state index in [1.807, 2.05) is 24.3 Å². The van der Waals surface area contributed by atoms with Gasteiger partial charge >= 0.3 is 5.76 Å². The molecule has 0 atom stereocenters. The first-order valence-electron chi connectivity index (χ1n) is 9.05. The van der Waals surface area contributed by atoms with Crippen LogP contribution >= 0.6 is 0 Å². The molecule has 0 unspecified atom stereocenters. The van der Waals surface area contributed by atoms with Gasteiger partial charge in [0.1, 0.15) is 6.54 Å². The van der Waals surface area contributed by atoms with Gasteiger partial charge in [-0.15, -0.1) is 0 Å². The third-order valence-corrected chi connectivity index (χ3v) is 4.56. The quantitative estimate of drug-likeness (QED) is 0.389. The normalized spacial score (nSPS) is 10.8. The molecule has 2 heterocycles. The molecular formula is C21H16N4O5. The molecule has 1 amide bonds. The third-order valence-electron chi connectivity index (χ3n) is 4.56. The number of oxazole rings is 1. The minimum absolute atomic E-state index is 0.0578. The van der Waals surface area contributed by atoms with Crippen LogP contribution in [0, 0.1) is 10.1 Å². The molecule has 30 heavy (non-hydrogen) atoms. The average molecular weight is 404 g/mol.